The molecule has 0 unspecified atom stereocenters. The Balaban J connectivity index is 1.52. The van der Waals surface area contributed by atoms with Crippen LogP contribution in [0, 0.1) is 0 Å². The highest BCUT2D eigenvalue weighted by Crippen LogP contribution is 2.21. The standard InChI is InChI=1S/C14H17NO3/c1-2-14-12(3-7-18-14)11-13(1)17-10-6-15-4-8-16-9-5-15/h1-3,7,11H,4-6,8-10H2. The van der Waals surface area contributed by atoms with Crippen molar-refractivity contribution in [3.63, 3.8) is 0 Å². The number of nitrogens with zero attached hydrogens (tertiary/aromatic N) is 1. The van der Waals surface area contributed by atoms with Gasteiger partial charge in [-0.2, -0.15) is 0 Å². The largest absolute Gasteiger partial charge is 0.492 e. The third kappa shape index (κ3) is 2.66. The molecule has 2 aromatic rings. The molecule has 0 amide bonds. The fourth-order valence-electron chi connectivity index (χ4n) is 2.15. The normalized spacial score (nSPS) is 17.1. The quantitative estimate of drug-likeness (QED) is 0.829. The van der Waals surface area contributed by atoms with Gasteiger partial charge in [-0.05, 0) is 24.3 Å². The maximum Gasteiger partial charge on any atom is 0.134 e. The van der Waals surface area contributed by atoms with E-state index in [0.29, 0.717) is 6.61 Å². The van der Waals surface area contributed by atoms with Gasteiger partial charge in [0.1, 0.15) is 17.9 Å². The van der Waals surface area contributed by atoms with Gasteiger partial charge in [-0.3, -0.25) is 4.90 Å². The van der Waals surface area contributed by atoms with Crippen molar-refractivity contribution in [3.8, 4) is 5.75 Å². The van der Waals surface area contributed by atoms with Crippen molar-refractivity contribution in [1.29, 1.82) is 0 Å². The molecule has 18 heavy (non-hydrogen) atoms. The molecule has 0 aliphatic carbocycles. The van der Waals surface area contributed by atoms with Crippen molar-refractivity contribution in [2.24, 2.45) is 0 Å². The molecule has 0 radical (unpaired) electrons. The van der Waals surface area contributed by atoms with E-state index in [2.05, 4.69) is 4.90 Å². The Kier molecular flexibility index (Phi) is 3.48. The average molecular weight is 247 g/mol. The first-order chi connectivity index (χ1) is 8.92. The Morgan fingerprint density at radius 1 is 1.17 bits per heavy atom. The van der Waals surface area contributed by atoms with Gasteiger partial charge in [0, 0.05) is 25.0 Å². The van der Waals surface area contributed by atoms with Gasteiger partial charge in [0.15, 0.2) is 0 Å². The van der Waals surface area contributed by atoms with Gasteiger partial charge >= 0.3 is 0 Å². The zero-order chi connectivity index (χ0) is 12.2. The lowest BCUT2D eigenvalue weighted by molar-refractivity contribution is 0.0322. The number of fused-ring (bicyclic) bond motifs is 1. The van der Waals surface area contributed by atoms with Crippen molar-refractivity contribution in [2.45, 2.75) is 0 Å². The average Bonchev–Trinajstić information content (AvgIpc) is 2.87. The summed E-state index contributed by atoms with van der Waals surface area (Å²) in [4.78, 5) is 2.36. The minimum absolute atomic E-state index is 0.712. The van der Waals surface area contributed by atoms with E-state index in [1.807, 2.05) is 24.3 Å². The second-order valence-corrected chi connectivity index (χ2v) is 4.42. The SMILES string of the molecule is c1cc2cc(OCCN3CCOCC3)ccc2o1. The molecule has 0 bridgehead atoms. The van der Waals surface area contributed by atoms with Crippen LogP contribution in [0.15, 0.2) is 34.9 Å². The maximum atomic E-state index is 5.76. The van der Waals surface area contributed by atoms with E-state index in [4.69, 9.17) is 13.9 Å². The summed E-state index contributed by atoms with van der Waals surface area (Å²) in [5, 5.41) is 1.08. The molecule has 0 saturated carbocycles. The topological polar surface area (TPSA) is 34.8 Å². The summed E-state index contributed by atoms with van der Waals surface area (Å²) in [5.41, 5.74) is 0.899. The lowest BCUT2D eigenvalue weighted by atomic mass is 10.2. The van der Waals surface area contributed by atoms with Crippen molar-refractivity contribution in [2.75, 3.05) is 39.5 Å². The number of benzene rings is 1. The highest BCUT2D eigenvalue weighted by atomic mass is 16.5. The van der Waals surface area contributed by atoms with Gasteiger partial charge in [-0.1, -0.05) is 0 Å². The van der Waals surface area contributed by atoms with Gasteiger partial charge in [0.2, 0.25) is 0 Å². The van der Waals surface area contributed by atoms with Gasteiger partial charge in [-0.15, -0.1) is 0 Å². The zero-order valence-corrected chi connectivity index (χ0v) is 10.3. The molecule has 1 aromatic heterocycles. The second kappa shape index (κ2) is 5.42. The van der Waals surface area contributed by atoms with Gasteiger partial charge in [0.25, 0.3) is 0 Å². The highest BCUT2D eigenvalue weighted by Gasteiger charge is 2.09. The Bertz CT molecular complexity index is 502. The van der Waals surface area contributed by atoms with Crippen molar-refractivity contribution in [3.05, 3.63) is 30.5 Å². The Morgan fingerprint density at radius 2 is 2.06 bits per heavy atom. The number of rotatable bonds is 4. The van der Waals surface area contributed by atoms with Crippen LogP contribution in [0.5, 0.6) is 5.75 Å². The lowest BCUT2D eigenvalue weighted by Gasteiger charge is -2.26. The molecule has 4 nitrogen and oxygen atoms in total. The molecule has 1 fully saturated rings. The van der Waals surface area contributed by atoms with E-state index in [0.717, 1.165) is 49.6 Å². The molecule has 3 rings (SSSR count). The van der Waals surface area contributed by atoms with E-state index >= 15 is 0 Å². The molecule has 96 valence electrons. The summed E-state index contributed by atoms with van der Waals surface area (Å²) >= 11 is 0. The van der Waals surface area contributed by atoms with Crippen LogP contribution < -0.4 is 4.74 Å². The highest BCUT2D eigenvalue weighted by molar-refractivity contribution is 5.78. The molecule has 1 aliphatic heterocycles. The second-order valence-electron chi connectivity index (χ2n) is 4.42. The number of hydrogen-bond acceptors (Lipinski definition) is 4. The summed E-state index contributed by atoms with van der Waals surface area (Å²) in [7, 11) is 0. The lowest BCUT2D eigenvalue weighted by Crippen LogP contribution is -2.38. The molecule has 0 spiro atoms. The van der Waals surface area contributed by atoms with Gasteiger partial charge < -0.3 is 13.9 Å². The number of furan rings is 1. The van der Waals surface area contributed by atoms with Crippen LogP contribution in [-0.2, 0) is 4.74 Å². The first-order valence-corrected chi connectivity index (χ1v) is 6.32. The summed E-state index contributed by atoms with van der Waals surface area (Å²) in [5.74, 6) is 0.900. The predicted octanol–water partition coefficient (Wildman–Crippen LogP) is 2.14. The Morgan fingerprint density at radius 3 is 2.94 bits per heavy atom. The third-order valence-electron chi connectivity index (χ3n) is 3.20. The number of hydrogen-bond donors (Lipinski definition) is 0. The summed E-state index contributed by atoms with van der Waals surface area (Å²) in [6.07, 6.45) is 1.70. The minimum atomic E-state index is 0.712. The van der Waals surface area contributed by atoms with Gasteiger partial charge in [-0.25, -0.2) is 0 Å². The fourth-order valence-corrected chi connectivity index (χ4v) is 2.15. The van der Waals surface area contributed by atoms with Crippen molar-refractivity contribution >= 4 is 11.0 Å². The van der Waals surface area contributed by atoms with Crippen molar-refractivity contribution in [1.82, 2.24) is 4.90 Å². The number of morpholine rings is 1. The first kappa shape index (κ1) is 11.6. The smallest absolute Gasteiger partial charge is 0.134 e. The monoisotopic (exact) mass is 247 g/mol. The van der Waals surface area contributed by atoms with Crippen LogP contribution in [0.25, 0.3) is 11.0 Å². The van der Waals surface area contributed by atoms with E-state index in [-0.39, 0.29) is 0 Å². The predicted molar refractivity (Wildman–Crippen MR) is 69.0 cm³/mol. The molecule has 1 aliphatic rings. The van der Waals surface area contributed by atoms with Crippen LogP contribution in [-0.4, -0.2) is 44.4 Å². The zero-order valence-electron chi connectivity index (χ0n) is 10.3. The van der Waals surface area contributed by atoms with Gasteiger partial charge in [0.05, 0.1) is 19.5 Å². The van der Waals surface area contributed by atoms with E-state index in [1.54, 1.807) is 6.26 Å². The third-order valence-corrected chi connectivity index (χ3v) is 3.20. The maximum absolute atomic E-state index is 5.76. The molecular formula is C14H17NO3. The molecule has 2 heterocycles. The Labute approximate surface area is 106 Å². The molecular weight excluding hydrogens is 230 g/mol. The van der Waals surface area contributed by atoms with Crippen LogP contribution >= 0.6 is 0 Å². The van der Waals surface area contributed by atoms with Crippen LogP contribution in [0.1, 0.15) is 0 Å². The summed E-state index contributed by atoms with van der Waals surface area (Å²) < 4.78 is 16.4. The molecule has 0 N–H and O–H groups in total. The molecule has 0 atom stereocenters. The molecule has 1 saturated heterocycles. The van der Waals surface area contributed by atoms with Crippen LogP contribution in [0.3, 0.4) is 0 Å². The van der Waals surface area contributed by atoms with E-state index in [9.17, 15) is 0 Å². The first-order valence-electron chi connectivity index (χ1n) is 6.32. The summed E-state index contributed by atoms with van der Waals surface area (Å²) in [6.45, 7) is 5.34. The minimum Gasteiger partial charge on any atom is -0.492 e. The molecule has 1 aromatic carbocycles. The fraction of sp³-hybridized carbons (Fsp3) is 0.429. The van der Waals surface area contributed by atoms with Crippen LogP contribution in [0.2, 0.25) is 0 Å². The van der Waals surface area contributed by atoms with Crippen molar-refractivity contribution < 1.29 is 13.9 Å². The van der Waals surface area contributed by atoms with E-state index < -0.39 is 0 Å². The Hall–Kier alpha value is -1.52. The summed E-state index contributed by atoms with van der Waals surface area (Å²) in [6, 6.07) is 7.85. The van der Waals surface area contributed by atoms with E-state index in [1.165, 1.54) is 0 Å². The van der Waals surface area contributed by atoms with Crippen LogP contribution in [0.4, 0.5) is 0 Å². The molecule has 4 heteroatoms. The number of ether oxygens (including phenoxy) is 2.